The molecule has 2 aliphatic rings. The van der Waals surface area contributed by atoms with E-state index in [1.165, 1.54) is 0 Å². The molecule has 0 spiro atoms. The van der Waals surface area contributed by atoms with Crippen molar-refractivity contribution in [1.82, 2.24) is 10.6 Å². The van der Waals surface area contributed by atoms with Gasteiger partial charge in [-0.1, -0.05) is 6.42 Å². The Morgan fingerprint density at radius 3 is 2.83 bits per heavy atom. The number of morpholine rings is 1. The van der Waals surface area contributed by atoms with Crippen molar-refractivity contribution in [2.24, 2.45) is 5.92 Å². The van der Waals surface area contributed by atoms with Crippen LogP contribution < -0.4 is 10.6 Å². The Morgan fingerprint density at radius 2 is 2.17 bits per heavy atom. The van der Waals surface area contributed by atoms with Crippen LogP contribution in [0.15, 0.2) is 0 Å². The van der Waals surface area contributed by atoms with Crippen molar-refractivity contribution in [2.45, 2.75) is 37.8 Å². The molecule has 1 saturated heterocycles. The zero-order chi connectivity index (χ0) is 13.0. The van der Waals surface area contributed by atoms with Gasteiger partial charge in [0.05, 0.1) is 19.1 Å². The van der Waals surface area contributed by atoms with Gasteiger partial charge in [-0.15, -0.1) is 0 Å². The second kappa shape index (κ2) is 6.15. The lowest BCUT2D eigenvalue weighted by molar-refractivity contribution is -0.143. The van der Waals surface area contributed by atoms with Gasteiger partial charge in [0.15, 0.2) is 0 Å². The number of nitrogens with one attached hydrogen (secondary N) is 2. The molecule has 3 unspecified atom stereocenters. The third-order valence-electron chi connectivity index (χ3n) is 3.61. The first kappa shape index (κ1) is 13.3. The van der Waals surface area contributed by atoms with Crippen molar-refractivity contribution in [3.05, 3.63) is 0 Å². The number of ether oxygens (including phenoxy) is 1. The summed E-state index contributed by atoms with van der Waals surface area (Å²) in [4.78, 5) is 22.9. The highest BCUT2D eigenvalue weighted by Crippen LogP contribution is 2.24. The summed E-state index contributed by atoms with van der Waals surface area (Å²) in [5, 5.41) is 15.0. The second-order valence-electron chi connectivity index (χ2n) is 4.99. The first-order chi connectivity index (χ1) is 8.66. The summed E-state index contributed by atoms with van der Waals surface area (Å²) in [6.07, 6.45) is 2.97. The van der Waals surface area contributed by atoms with Crippen molar-refractivity contribution in [1.29, 1.82) is 0 Å². The fraction of sp³-hybridized carbons (Fsp3) is 0.833. The molecule has 1 amide bonds. The third kappa shape index (κ3) is 3.43. The van der Waals surface area contributed by atoms with E-state index in [2.05, 4.69) is 10.6 Å². The van der Waals surface area contributed by atoms with E-state index in [1.807, 2.05) is 0 Å². The molecular weight excluding hydrogens is 236 g/mol. The average Bonchev–Trinajstić information content (AvgIpc) is 2.40. The van der Waals surface area contributed by atoms with Gasteiger partial charge in [0.1, 0.15) is 6.04 Å². The fourth-order valence-corrected chi connectivity index (χ4v) is 2.58. The molecule has 2 rings (SSSR count). The number of hydrogen-bond acceptors (Lipinski definition) is 4. The molecule has 0 bridgehead atoms. The van der Waals surface area contributed by atoms with Crippen LogP contribution in [0.3, 0.4) is 0 Å². The minimum absolute atomic E-state index is 0.0175. The molecule has 3 atom stereocenters. The average molecular weight is 256 g/mol. The van der Waals surface area contributed by atoms with Gasteiger partial charge in [-0.2, -0.15) is 0 Å². The van der Waals surface area contributed by atoms with Crippen LogP contribution in [0.1, 0.15) is 25.7 Å². The molecular formula is C12H20N2O4. The highest BCUT2D eigenvalue weighted by molar-refractivity contribution is 5.82. The molecule has 18 heavy (non-hydrogen) atoms. The van der Waals surface area contributed by atoms with E-state index in [9.17, 15) is 9.59 Å². The summed E-state index contributed by atoms with van der Waals surface area (Å²) in [6, 6.07) is -0.319. The Labute approximate surface area is 106 Å². The van der Waals surface area contributed by atoms with Crippen molar-refractivity contribution >= 4 is 11.9 Å². The standard InChI is InChI=1S/C12H20N2O4/c15-11(10-7-18-5-4-13-10)14-9-3-1-2-8(6-9)12(16)17/h8-10,13H,1-7H2,(H,14,15)(H,16,17). The van der Waals surface area contributed by atoms with Gasteiger partial charge in [0.25, 0.3) is 0 Å². The monoisotopic (exact) mass is 256 g/mol. The minimum atomic E-state index is -0.756. The van der Waals surface area contributed by atoms with Gasteiger partial charge in [0.2, 0.25) is 5.91 Å². The Morgan fingerprint density at radius 1 is 1.33 bits per heavy atom. The Bertz CT molecular complexity index is 315. The molecule has 0 radical (unpaired) electrons. The number of rotatable bonds is 3. The van der Waals surface area contributed by atoms with Crippen molar-refractivity contribution in [3.63, 3.8) is 0 Å². The zero-order valence-corrected chi connectivity index (χ0v) is 10.4. The number of amides is 1. The third-order valence-corrected chi connectivity index (χ3v) is 3.61. The fourth-order valence-electron chi connectivity index (χ4n) is 2.58. The summed E-state index contributed by atoms with van der Waals surface area (Å²) in [7, 11) is 0. The number of carbonyl (C=O) groups excluding carboxylic acids is 1. The van der Waals surface area contributed by atoms with E-state index in [0.29, 0.717) is 32.6 Å². The summed E-state index contributed by atoms with van der Waals surface area (Å²) in [5.74, 6) is -1.15. The number of carboxylic acid groups (broad SMARTS) is 1. The second-order valence-corrected chi connectivity index (χ2v) is 4.99. The largest absolute Gasteiger partial charge is 0.481 e. The van der Waals surface area contributed by atoms with E-state index < -0.39 is 5.97 Å². The molecule has 1 aliphatic carbocycles. The quantitative estimate of drug-likeness (QED) is 0.647. The lowest BCUT2D eigenvalue weighted by Gasteiger charge is -2.30. The Balaban J connectivity index is 1.81. The smallest absolute Gasteiger partial charge is 0.306 e. The summed E-state index contributed by atoms with van der Waals surface area (Å²) in [5.41, 5.74) is 0. The molecule has 2 fully saturated rings. The maximum Gasteiger partial charge on any atom is 0.306 e. The molecule has 1 aliphatic heterocycles. The predicted molar refractivity (Wildman–Crippen MR) is 64.1 cm³/mol. The van der Waals surface area contributed by atoms with E-state index in [4.69, 9.17) is 9.84 Å². The van der Waals surface area contributed by atoms with Crippen molar-refractivity contribution < 1.29 is 19.4 Å². The van der Waals surface area contributed by atoms with Crippen molar-refractivity contribution in [3.8, 4) is 0 Å². The summed E-state index contributed by atoms with van der Waals surface area (Å²) >= 11 is 0. The number of hydrogen-bond donors (Lipinski definition) is 3. The van der Waals surface area contributed by atoms with E-state index in [1.54, 1.807) is 0 Å². The van der Waals surface area contributed by atoms with Crippen LogP contribution in [0, 0.1) is 5.92 Å². The topological polar surface area (TPSA) is 87.7 Å². The SMILES string of the molecule is O=C(O)C1CCCC(NC(=O)C2COCCN2)C1. The van der Waals surface area contributed by atoms with Gasteiger partial charge in [-0.3, -0.25) is 9.59 Å². The Hall–Kier alpha value is -1.14. The number of carboxylic acids is 1. The van der Waals surface area contributed by atoms with Crippen molar-refractivity contribution in [2.75, 3.05) is 19.8 Å². The molecule has 1 heterocycles. The molecule has 0 aromatic rings. The van der Waals surface area contributed by atoms with Crippen LogP contribution in [0.2, 0.25) is 0 Å². The van der Waals surface area contributed by atoms with E-state index in [-0.39, 0.29) is 23.9 Å². The van der Waals surface area contributed by atoms with E-state index in [0.717, 1.165) is 12.8 Å². The number of aliphatic carboxylic acids is 1. The van der Waals surface area contributed by atoms with Gasteiger partial charge in [0, 0.05) is 12.6 Å². The highest BCUT2D eigenvalue weighted by Gasteiger charge is 2.30. The first-order valence-corrected chi connectivity index (χ1v) is 6.51. The molecule has 1 saturated carbocycles. The highest BCUT2D eigenvalue weighted by atomic mass is 16.5. The van der Waals surface area contributed by atoms with Gasteiger partial charge in [-0.05, 0) is 19.3 Å². The minimum Gasteiger partial charge on any atom is -0.481 e. The first-order valence-electron chi connectivity index (χ1n) is 6.51. The maximum absolute atomic E-state index is 11.9. The lowest BCUT2D eigenvalue weighted by Crippen LogP contribution is -2.54. The van der Waals surface area contributed by atoms with E-state index >= 15 is 0 Å². The lowest BCUT2D eigenvalue weighted by atomic mass is 9.85. The molecule has 3 N–H and O–H groups in total. The molecule has 102 valence electrons. The van der Waals surface area contributed by atoms with Crippen LogP contribution >= 0.6 is 0 Å². The zero-order valence-electron chi connectivity index (χ0n) is 10.4. The number of carbonyl (C=O) groups is 2. The normalized spacial score (nSPS) is 32.8. The molecule has 0 aromatic carbocycles. The predicted octanol–water partition coefficient (Wildman–Crippen LogP) is -0.266. The van der Waals surface area contributed by atoms with Gasteiger partial charge >= 0.3 is 5.97 Å². The van der Waals surface area contributed by atoms with Crippen LogP contribution in [-0.2, 0) is 14.3 Å². The van der Waals surface area contributed by atoms with Crippen LogP contribution in [0.5, 0.6) is 0 Å². The Kier molecular flexibility index (Phi) is 4.54. The summed E-state index contributed by atoms with van der Waals surface area (Å²) in [6.45, 7) is 1.70. The van der Waals surface area contributed by atoms with Crippen LogP contribution in [0.4, 0.5) is 0 Å². The van der Waals surface area contributed by atoms with Crippen LogP contribution in [-0.4, -0.2) is 48.8 Å². The van der Waals surface area contributed by atoms with Gasteiger partial charge in [-0.25, -0.2) is 0 Å². The van der Waals surface area contributed by atoms with Crippen LogP contribution in [0.25, 0.3) is 0 Å². The summed E-state index contributed by atoms with van der Waals surface area (Å²) < 4.78 is 5.23. The maximum atomic E-state index is 11.9. The van der Waals surface area contributed by atoms with Gasteiger partial charge < -0.3 is 20.5 Å². The molecule has 6 nitrogen and oxygen atoms in total. The molecule has 0 aromatic heterocycles. The molecule has 6 heteroatoms.